The van der Waals surface area contributed by atoms with Gasteiger partial charge in [-0.1, -0.05) is 34.6 Å². The van der Waals surface area contributed by atoms with Gasteiger partial charge in [-0.15, -0.1) is 0 Å². The molecular formula is C14H31NO. The Morgan fingerprint density at radius 1 is 1.12 bits per heavy atom. The van der Waals surface area contributed by atoms with Crippen LogP contribution in [0.3, 0.4) is 0 Å². The molecule has 2 nitrogen and oxygen atoms in total. The lowest BCUT2D eigenvalue weighted by atomic mass is 9.83. The van der Waals surface area contributed by atoms with Crippen LogP contribution in [0.5, 0.6) is 0 Å². The number of methoxy groups -OCH3 is 1. The molecule has 0 saturated carbocycles. The Morgan fingerprint density at radius 3 is 2.00 bits per heavy atom. The highest BCUT2D eigenvalue weighted by atomic mass is 16.5. The van der Waals surface area contributed by atoms with E-state index < -0.39 is 0 Å². The zero-order valence-electron chi connectivity index (χ0n) is 12.3. The van der Waals surface area contributed by atoms with Gasteiger partial charge < -0.3 is 10.1 Å². The van der Waals surface area contributed by atoms with Crippen LogP contribution in [0.1, 0.15) is 60.8 Å². The maximum atomic E-state index is 5.70. The van der Waals surface area contributed by atoms with Crippen molar-refractivity contribution in [1.29, 1.82) is 0 Å². The number of likely N-dealkylation sites (N-methyl/N-ethyl adjacent to an activating group) is 1. The van der Waals surface area contributed by atoms with E-state index in [1.165, 1.54) is 12.8 Å². The average molecular weight is 229 g/mol. The lowest BCUT2D eigenvalue weighted by Crippen LogP contribution is -2.50. The van der Waals surface area contributed by atoms with E-state index in [9.17, 15) is 0 Å². The molecule has 0 aliphatic heterocycles. The van der Waals surface area contributed by atoms with E-state index in [1.807, 2.05) is 7.11 Å². The first-order chi connectivity index (χ1) is 7.29. The maximum absolute atomic E-state index is 5.70. The van der Waals surface area contributed by atoms with Gasteiger partial charge in [0.1, 0.15) is 0 Å². The van der Waals surface area contributed by atoms with E-state index in [-0.39, 0.29) is 5.60 Å². The van der Waals surface area contributed by atoms with Crippen LogP contribution in [-0.2, 0) is 4.74 Å². The molecule has 0 fully saturated rings. The third-order valence-electron chi connectivity index (χ3n) is 3.54. The second-order valence-corrected chi connectivity index (χ2v) is 6.08. The molecule has 0 spiro atoms. The summed E-state index contributed by atoms with van der Waals surface area (Å²) in [5, 5.41) is 3.57. The molecule has 2 atom stereocenters. The minimum Gasteiger partial charge on any atom is -0.377 e. The zero-order valence-corrected chi connectivity index (χ0v) is 12.3. The highest BCUT2D eigenvalue weighted by Gasteiger charge is 2.32. The normalized spacial score (nSPS) is 18.2. The largest absolute Gasteiger partial charge is 0.377 e. The van der Waals surface area contributed by atoms with Crippen LogP contribution in [0.15, 0.2) is 0 Å². The molecule has 0 aromatic heterocycles. The fourth-order valence-corrected chi connectivity index (χ4v) is 1.98. The van der Waals surface area contributed by atoms with Crippen molar-refractivity contribution in [2.45, 2.75) is 72.4 Å². The smallest absolute Gasteiger partial charge is 0.0800 e. The van der Waals surface area contributed by atoms with Crippen molar-refractivity contribution < 1.29 is 4.74 Å². The van der Waals surface area contributed by atoms with E-state index in [0.29, 0.717) is 11.5 Å². The fraction of sp³-hybridized carbons (Fsp3) is 1.00. The predicted molar refractivity (Wildman–Crippen MR) is 71.9 cm³/mol. The molecule has 98 valence electrons. The highest BCUT2D eigenvalue weighted by Crippen LogP contribution is 2.28. The molecule has 0 aliphatic rings. The third kappa shape index (κ3) is 5.31. The van der Waals surface area contributed by atoms with Crippen molar-refractivity contribution in [3.05, 3.63) is 0 Å². The Balaban J connectivity index is 4.47. The highest BCUT2D eigenvalue weighted by molar-refractivity contribution is 4.89. The minimum absolute atomic E-state index is 0.0404. The number of ether oxygens (including phenoxy) is 1. The molecule has 0 aliphatic carbocycles. The number of nitrogens with one attached hydrogen (secondary N) is 1. The lowest BCUT2D eigenvalue weighted by molar-refractivity contribution is -0.0329. The van der Waals surface area contributed by atoms with Gasteiger partial charge in [-0.3, -0.25) is 0 Å². The van der Waals surface area contributed by atoms with Crippen LogP contribution in [0, 0.1) is 5.41 Å². The second kappa shape index (κ2) is 6.61. The van der Waals surface area contributed by atoms with Gasteiger partial charge in [0.15, 0.2) is 0 Å². The molecule has 0 bridgehead atoms. The van der Waals surface area contributed by atoms with Gasteiger partial charge in [0.25, 0.3) is 0 Å². The van der Waals surface area contributed by atoms with E-state index in [2.05, 4.69) is 46.9 Å². The number of rotatable bonds is 7. The minimum atomic E-state index is -0.0404. The van der Waals surface area contributed by atoms with Crippen molar-refractivity contribution in [1.82, 2.24) is 5.32 Å². The second-order valence-electron chi connectivity index (χ2n) is 6.08. The molecule has 0 radical (unpaired) electrons. The monoisotopic (exact) mass is 229 g/mol. The molecule has 0 heterocycles. The Labute approximate surface area is 102 Å². The van der Waals surface area contributed by atoms with Crippen molar-refractivity contribution >= 4 is 0 Å². The van der Waals surface area contributed by atoms with E-state index in [4.69, 9.17) is 4.74 Å². The molecular weight excluding hydrogens is 198 g/mol. The average Bonchev–Trinajstić information content (AvgIpc) is 2.21. The fourth-order valence-electron chi connectivity index (χ4n) is 1.98. The van der Waals surface area contributed by atoms with Crippen molar-refractivity contribution in [3.63, 3.8) is 0 Å². The van der Waals surface area contributed by atoms with Crippen molar-refractivity contribution in [3.8, 4) is 0 Å². The molecule has 0 saturated heterocycles. The Kier molecular flexibility index (Phi) is 6.57. The van der Waals surface area contributed by atoms with Crippen LogP contribution in [0.4, 0.5) is 0 Å². The van der Waals surface area contributed by atoms with Crippen LogP contribution in [0.2, 0.25) is 0 Å². The summed E-state index contributed by atoms with van der Waals surface area (Å²) in [7, 11) is 1.82. The summed E-state index contributed by atoms with van der Waals surface area (Å²) in [6.45, 7) is 14.5. The summed E-state index contributed by atoms with van der Waals surface area (Å²) in [5.74, 6) is 0. The third-order valence-corrected chi connectivity index (χ3v) is 3.54. The zero-order chi connectivity index (χ0) is 12.8. The first kappa shape index (κ1) is 15.9. The van der Waals surface area contributed by atoms with E-state index in [1.54, 1.807) is 0 Å². The molecule has 0 rings (SSSR count). The molecule has 1 N–H and O–H groups in total. The Hall–Kier alpha value is -0.0800. The van der Waals surface area contributed by atoms with Crippen LogP contribution < -0.4 is 5.32 Å². The van der Waals surface area contributed by atoms with Gasteiger partial charge in [0, 0.05) is 13.2 Å². The number of hydrogen-bond acceptors (Lipinski definition) is 2. The summed E-state index contributed by atoms with van der Waals surface area (Å²) in [5.41, 5.74) is 0.358. The molecule has 2 heteroatoms. The van der Waals surface area contributed by atoms with Crippen LogP contribution >= 0.6 is 0 Å². The summed E-state index contributed by atoms with van der Waals surface area (Å²) in [4.78, 5) is 0. The van der Waals surface area contributed by atoms with Crippen molar-refractivity contribution in [2.24, 2.45) is 5.41 Å². The van der Waals surface area contributed by atoms with Gasteiger partial charge in [-0.25, -0.2) is 0 Å². The quantitative estimate of drug-likeness (QED) is 0.720. The summed E-state index contributed by atoms with van der Waals surface area (Å²) in [6.07, 6.45) is 3.45. The summed E-state index contributed by atoms with van der Waals surface area (Å²) >= 11 is 0. The molecule has 0 aromatic rings. The van der Waals surface area contributed by atoms with Crippen LogP contribution in [-0.4, -0.2) is 25.3 Å². The predicted octanol–water partition coefficient (Wildman–Crippen LogP) is 3.61. The summed E-state index contributed by atoms with van der Waals surface area (Å²) < 4.78 is 5.70. The standard InChI is InChI=1S/C14H31NO/c1-8-14(6,16-7)12(15-9-2)10-11-13(3,4)5/h12,15H,8-11H2,1-7H3. The van der Waals surface area contributed by atoms with Gasteiger partial charge in [-0.2, -0.15) is 0 Å². The molecule has 0 amide bonds. The van der Waals surface area contributed by atoms with Gasteiger partial charge in [-0.05, 0) is 38.1 Å². The first-order valence-corrected chi connectivity index (χ1v) is 6.57. The SMILES string of the molecule is CCNC(CCC(C)(C)C)C(C)(CC)OC. The first-order valence-electron chi connectivity index (χ1n) is 6.57. The van der Waals surface area contributed by atoms with E-state index in [0.717, 1.165) is 13.0 Å². The van der Waals surface area contributed by atoms with Crippen molar-refractivity contribution in [2.75, 3.05) is 13.7 Å². The van der Waals surface area contributed by atoms with Gasteiger partial charge in [0.2, 0.25) is 0 Å². The Bertz CT molecular complexity index is 180. The Morgan fingerprint density at radius 2 is 1.69 bits per heavy atom. The maximum Gasteiger partial charge on any atom is 0.0800 e. The van der Waals surface area contributed by atoms with Gasteiger partial charge in [0.05, 0.1) is 5.60 Å². The molecule has 0 aromatic carbocycles. The summed E-state index contributed by atoms with van der Waals surface area (Å²) in [6, 6.07) is 0.451. The lowest BCUT2D eigenvalue weighted by Gasteiger charge is -2.37. The number of hydrogen-bond donors (Lipinski definition) is 1. The van der Waals surface area contributed by atoms with Gasteiger partial charge >= 0.3 is 0 Å². The molecule has 2 unspecified atom stereocenters. The topological polar surface area (TPSA) is 21.3 Å². The van der Waals surface area contributed by atoms with E-state index >= 15 is 0 Å². The molecule has 16 heavy (non-hydrogen) atoms. The van der Waals surface area contributed by atoms with Crippen LogP contribution in [0.25, 0.3) is 0 Å².